The van der Waals surface area contributed by atoms with Crippen molar-refractivity contribution in [1.29, 1.82) is 0 Å². The highest BCUT2D eigenvalue weighted by atomic mass is 32.2. The van der Waals surface area contributed by atoms with Gasteiger partial charge in [-0.25, -0.2) is 12.7 Å². The van der Waals surface area contributed by atoms with Gasteiger partial charge in [-0.15, -0.1) is 0 Å². The van der Waals surface area contributed by atoms with Gasteiger partial charge >= 0.3 is 0 Å². The number of sulfonamides is 1. The van der Waals surface area contributed by atoms with Crippen molar-refractivity contribution in [3.63, 3.8) is 0 Å². The minimum Gasteiger partial charge on any atom is -0.359 e. The van der Waals surface area contributed by atoms with Gasteiger partial charge in [0.1, 0.15) is 0 Å². The number of carbonyl (C=O) groups is 1. The highest BCUT2D eigenvalue weighted by Crippen LogP contribution is 2.26. The van der Waals surface area contributed by atoms with Crippen LogP contribution in [0.25, 0.3) is 0 Å². The first-order valence-corrected chi connectivity index (χ1v) is 11.3. The van der Waals surface area contributed by atoms with Crippen LogP contribution in [-0.2, 0) is 10.0 Å². The maximum absolute atomic E-state index is 12.7. The summed E-state index contributed by atoms with van der Waals surface area (Å²) in [6.07, 6.45) is 0. The molecule has 0 atom stereocenters. The average Bonchev–Trinajstić information content (AvgIpc) is 2.74. The number of rotatable bonds is 6. The van der Waals surface area contributed by atoms with Crippen molar-refractivity contribution in [3.05, 3.63) is 54.1 Å². The number of para-hydroxylation sites is 2. The van der Waals surface area contributed by atoms with Crippen LogP contribution in [-0.4, -0.2) is 65.4 Å². The van der Waals surface area contributed by atoms with Crippen molar-refractivity contribution in [2.75, 3.05) is 57.0 Å². The molecule has 0 aliphatic carbocycles. The third-order valence-corrected chi connectivity index (χ3v) is 7.19. The Morgan fingerprint density at radius 3 is 2.28 bits per heavy atom. The number of likely N-dealkylation sites (N-methyl/N-ethyl adjacent to an activating group) is 1. The van der Waals surface area contributed by atoms with Crippen LogP contribution in [0.5, 0.6) is 0 Å². The first kappa shape index (κ1) is 21.3. The quantitative estimate of drug-likeness (QED) is 0.733. The fourth-order valence-corrected chi connectivity index (χ4v) is 4.36. The molecular weight excluding hydrogens is 388 g/mol. The minimum absolute atomic E-state index is 0.163. The molecule has 1 saturated heterocycles. The maximum atomic E-state index is 12.7. The molecule has 7 nitrogen and oxygen atoms in total. The lowest BCUT2D eigenvalue weighted by molar-refractivity contribution is -0.898. The summed E-state index contributed by atoms with van der Waals surface area (Å²) < 4.78 is 25.5. The third-order valence-electron chi connectivity index (χ3n) is 5.36. The molecule has 0 bridgehead atoms. The first-order chi connectivity index (χ1) is 13.8. The van der Waals surface area contributed by atoms with Crippen LogP contribution >= 0.6 is 0 Å². The molecule has 156 valence electrons. The molecule has 3 rings (SSSR count). The molecule has 0 aromatic heterocycles. The number of nitrogens with zero attached hydrogens (tertiary/aromatic N) is 2. The van der Waals surface area contributed by atoms with Gasteiger partial charge in [0.25, 0.3) is 5.91 Å². The molecule has 0 spiro atoms. The van der Waals surface area contributed by atoms with Crippen LogP contribution in [0.3, 0.4) is 0 Å². The van der Waals surface area contributed by atoms with E-state index in [-0.39, 0.29) is 10.8 Å². The molecule has 0 unspecified atom stereocenters. The number of nitrogens with one attached hydrogen (secondary N) is 2. The van der Waals surface area contributed by atoms with Crippen molar-refractivity contribution >= 4 is 27.3 Å². The first-order valence-electron chi connectivity index (χ1n) is 9.84. The van der Waals surface area contributed by atoms with Crippen LogP contribution < -0.4 is 15.1 Å². The molecule has 1 fully saturated rings. The molecule has 1 amide bonds. The molecule has 0 radical (unpaired) electrons. The monoisotopic (exact) mass is 417 g/mol. The summed E-state index contributed by atoms with van der Waals surface area (Å²) in [7, 11) is -0.552. The molecule has 0 saturated carbocycles. The minimum atomic E-state index is -3.51. The maximum Gasteiger partial charge on any atom is 0.255 e. The van der Waals surface area contributed by atoms with Gasteiger partial charge in [-0.2, -0.15) is 0 Å². The fourth-order valence-electron chi connectivity index (χ4n) is 3.46. The molecule has 1 heterocycles. The summed E-state index contributed by atoms with van der Waals surface area (Å²) in [5.41, 5.74) is 2.20. The standard InChI is InChI=1S/C21H28N4O3S/c1-4-24-13-15-25(16-14-24)20-8-6-5-7-19(20)22-21(26)17-9-11-18(12-10-17)29(27,28)23(2)3/h5-12H,4,13-16H2,1-3H3,(H,22,26)/p+1. The van der Waals surface area contributed by atoms with Gasteiger partial charge in [0.2, 0.25) is 10.0 Å². The lowest BCUT2D eigenvalue weighted by Crippen LogP contribution is -3.14. The normalized spacial score (nSPS) is 15.5. The lowest BCUT2D eigenvalue weighted by Gasteiger charge is -2.34. The largest absolute Gasteiger partial charge is 0.359 e. The molecule has 8 heteroatoms. The van der Waals surface area contributed by atoms with Gasteiger partial charge in [0.05, 0.1) is 49.0 Å². The topological polar surface area (TPSA) is 74.2 Å². The zero-order valence-corrected chi connectivity index (χ0v) is 18.0. The Morgan fingerprint density at radius 1 is 1.07 bits per heavy atom. The van der Waals surface area contributed by atoms with Crippen LogP contribution in [0.15, 0.2) is 53.4 Å². The zero-order valence-electron chi connectivity index (χ0n) is 17.2. The molecule has 2 aromatic carbocycles. The molecule has 1 aliphatic rings. The van der Waals surface area contributed by atoms with Gasteiger partial charge in [-0.1, -0.05) is 12.1 Å². The third kappa shape index (κ3) is 4.77. The Bertz CT molecular complexity index is 950. The Hall–Kier alpha value is -2.42. The van der Waals surface area contributed by atoms with Crippen molar-refractivity contribution in [2.24, 2.45) is 0 Å². The van der Waals surface area contributed by atoms with Gasteiger partial charge < -0.3 is 15.1 Å². The predicted octanol–water partition coefficient (Wildman–Crippen LogP) is 0.914. The lowest BCUT2D eigenvalue weighted by atomic mass is 10.1. The number of amides is 1. The van der Waals surface area contributed by atoms with E-state index in [9.17, 15) is 13.2 Å². The van der Waals surface area contributed by atoms with Crippen molar-refractivity contribution in [2.45, 2.75) is 11.8 Å². The van der Waals surface area contributed by atoms with Crippen molar-refractivity contribution in [1.82, 2.24) is 4.31 Å². The van der Waals surface area contributed by atoms with E-state index < -0.39 is 10.0 Å². The Morgan fingerprint density at radius 2 is 1.69 bits per heavy atom. The number of benzene rings is 2. The number of piperazine rings is 1. The van der Waals surface area contributed by atoms with Crippen LogP contribution in [0, 0.1) is 0 Å². The number of hydrogen-bond acceptors (Lipinski definition) is 4. The van der Waals surface area contributed by atoms with E-state index in [0.717, 1.165) is 48.4 Å². The summed E-state index contributed by atoms with van der Waals surface area (Å²) in [5, 5.41) is 2.98. The summed E-state index contributed by atoms with van der Waals surface area (Å²) in [5.74, 6) is -0.260. The molecule has 1 aliphatic heterocycles. The molecule has 2 N–H and O–H groups in total. The molecule has 29 heavy (non-hydrogen) atoms. The number of hydrogen-bond donors (Lipinski definition) is 2. The van der Waals surface area contributed by atoms with E-state index in [0.29, 0.717) is 5.56 Å². The summed E-state index contributed by atoms with van der Waals surface area (Å²) >= 11 is 0. The Labute approximate surface area is 173 Å². The Kier molecular flexibility index (Phi) is 6.56. The highest BCUT2D eigenvalue weighted by Gasteiger charge is 2.22. The number of anilines is 2. The second kappa shape index (κ2) is 8.94. The predicted molar refractivity (Wildman–Crippen MR) is 115 cm³/mol. The summed E-state index contributed by atoms with van der Waals surface area (Å²) in [6.45, 7) is 7.40. The van der Waals surface area contributed by atoms with E-state index in [1.54, 1.807) is 4.90 Å². The van der Waals surface area contributed by atoms with Crippen LogP contribution in [0.4, 0.5) is 11.4 Å². The average molecular weight is 418 g/mol. The van der Waals surface area contributed by atoms with E-state index in [4.69, 9.17) is 0 Å². The van der Waals surface area contributed by atoms with Gasteiger partial charge in [0, 0.05) is 19.7 Å². The second-order valence-corrected chi connectivity index (χ2v) is 9.53. The summed E-state index contributed by atoms with van der Waals surface area (Å²) in [4.78, 5) is 16.8. The number of quaternary nitrogens is 1. The van der Waals surface area contributed by atoms with E-state index in [2.05, 4.69) is 17.1 Å². The smallest absolute Gasteiger partial charge is 0.255 e. The highest BCUT2D eigenvalue weighted by molar-refractivity contribution is 7.89. The Balaban J connectivity index is 1.75. The molecular formula is C21H29N4O3S+. The molecule has 2 aromatic rings. The van der Waals surface area contributed by atoms with E-state index in [1.165, 1.54) is 38.4 Å². The van der Waals surface area contributed by atoms with E-state index >= 15 is 0 Å². The number of carbonyl (C=O) groups excluding carboxylic acids is 1. The summed E-state index contributed by atoms with van der Waals surface area (Å²) in [6, 6.07) is 13.8. The zero-order chi connectivity index (χ0) is 21.0. The van der Waals surface area contributed by atoms with Gasteiger partial charge in [0.15, 0.2) is 0 Å². The second-order valence-electron chi connectivity index (χ2n) is 7.37. The van der Waals surface area contributed by atoms with E-state index in [1.807, 2.05) is 24.3 Å². The van der Waals surface area contributed by atoms with Crippen LogP contribution in [0.2, 0.25) is 0 Å². The fraction of sp³-hybridized carbons (Fsp3) is 0.381. The van der Waals surface area contributed by atoms with Crippen molar-refractivity contribution < 1.29 is 18.1 Å². The van der Waals surface area contributed by atoms with Gasteiger partial charge in [-0.3, -0.25) is 4.79 Å². The van der Waals surface area contributed by atoms with Crippen molar-refractivity contribution in [3.8, 4) is 0 Å². The SMILES string of the molecule is CC[NH+]1CCN(c2ccccc2NC(=O)c2ccc(S(=O)(=O)N(C)C)cc2)CC1. The van der Waals surface area contributed by atoms with Gasteiger partial charge in [-0.05, 0) is 43.3 Å². The van der Waals surface area contributed by atoms with Crippen LogP contribution in [0.1, 0.15) is 17.3 Å².